The van der Waals surface area contributed by atoms with Crippen molar-refractivity contribution in [3.63, 3.8) is 0 Å². The average Bonchev–Trinajstić information content (AvgIpc) is 2.43. The highest BCUT2D eigenvalue weighted by molar-refractivity contribution is 6.35. The third kappa shape index (κ3) is 4.52. The number of carbonyl (C=O) groups excluding carboxylic acids is 1. The van der Waals surface area contributed by atoms with Gasteiger partial charge in [0.1, 0.15) is 5.75 Å². The van der Waals surface area contributed by atoms with E-state index < -0.39 is 0 Å². The van der Waals surface area contributed by atoms with E-state index in [1.165, 1.54) is 12.8 Å². The van der Waals surface area contributed by atoms with Crippen LogP contribution in [0.5, 0.6) is 5.75 Å². The summed E-state index contributed by atoms with van der Waals surface area (Å²) in [6.07, 6.45) is 3.45. The van der Waals surface area contributed by atoms with E-state index in [2.05, 4.69) is 19.2 Å². The van der Waals surface area contributed by atoms with Crippen LogP contribution in [0.1, 0.15) is 33.1 Å². The van der Waals surface area contributed by atoms with Crippen LogP contribution in [-0.4, -0.2) is 18.6 Å². The predicted octanol–water partition coefficient (Wildman–Crippen LogP) is 4.31. The Morgan fingerprint density at radius 1 is 1.33 bits per heavy atom. The van der Waals surface area contributed by atoms with E-state index in [0.717, 1.165) is 6.42 Å². The first-order valence-corrected chi connectivity index (χ1v) is 8.10. The first kappa shape index (κ1) is 16.4. The van der Waals surface area contributed by atoms with E-state index >= 15 is 0 Å². The molecule has 0 saturated heterocycles. The lowest BCUT2D eigenvalue weighted by molar-refractivity contribution is -0.124. The van der Waals surface area contributed by atoms with Crippen molar-refractivity contribution in [2.75, 3.05) is 6.61 Å². The molecule has 21 heavy (non-hydrogen) atoms. The lowest BCUT2D eigenvalue weighted by Crippen LogP contribution is -2.45. The maximum atomic E-state index is 12.0. The zero-order valence-corrected chi connectivity index (χ0v) is 13.9. The summed E-state index contributed by atoms with van der Waals surface area (Å²) in [5.74, 6) is 1.52. The Balaban J connectivity index is 1.84. The second kappa shape index (κ2) is 7.37. The molecule has 1 saturated carbocycles. The molecule has 2 rings (SSSR count). The Bertz CT molecular complexity index is 507. The molecule has 1 fully saturated rings. The zero-order valence-electron chi connectivity index (χ0n) is 12.4. The second-order valence-electron chi connectivity index (χ2n) is 5.80. The van der Waals surface area contributed by atoms with Crippen molar-refractivity contribution in [1.29, 1.82) is 0 Å². The molecule has 0 radical (unpaired) electrons. The summed E-state index contributed by atoms with van der Waals surface area (Å²) in [7, 11) is 0. The van der Waals surface area contributed by atoms with Crippen molar-refractivity contribution in [3.05, 3.63) is 28.2 Å². The maximum Gasteiger partial charge on any atom is 0.258 e. The number of halogens is 2. The van der Waals surface area contributed by atoms with Crippen molar-refractivity contribution < 1.29 is 9.53 Å². The first-order chi connectivity index (χ1) is 9.97. The number of nitrogens with one attached hydrogen (secondary N) is 1. The molecular weight excluding hydrogens is 309 g/mol. The highest BCUT2D eigenvalue weighted by Crippen LogP contribution is 2.30. The van der Waals surface area contributed by atoms with Gasteiger partial charge in [-0.3, -0.25) is 4.79 Å². The third-order valence-electron chi connectivity index (χ3n) is 4.31. The molecule has 0 aromatic heterocycles. The largest absolute Gasteiger partial charge is 0.482 e. The van der Waals surface area contributed by atoms with Gasteiger partial charge in [-0.15, -0.1) is 0 Å². The number of ether oxygens (including phenoxy) is 1. The van der Waals surface area contributed by atoms with Crippen LogP contribution in [0.3, 0.4) is 0 Å². The average molecular weight is 330 g/mol. The molecule has 116 valence electrons. The Hall–Kier alpha value is -0.930. The van der Waals surface area contributed by atoms with Crippen molar-refractivity contribution >= 4 is 29.1 Å². The third-order valence-corrected chi connectivity index (χ3v) is 4.84. The molecule has 3 nitrogen and oxygen atoms in total. The Morgan fingerprint density at radius 2 is 2.10 bits per heavy atom. The van der Waals surface area contributed by atoms with E-state index in [4.69, 9.17) is 27.9 Å². The predicted molar refractivity (Wildman–Crippen MR) is 86.1 cm³/mol. The number of carbonyl (C=O) groups is 1. The number of hydrogen-bond donors (Lipinski definition) is 1. The van der Waals surface area contributed by atoms with Gasteiger partial charge in [-0.05, 0) is 36.5 Å². The SMILES string of the molecule is C[C@H]1[C@@H](NC(=O)COc2ccc(Cl)cc2Cl)CCC[C@@H]1C. The maximum absolute atomic E-state index is 12.0. The van der Waals surface area contributed by atoms with Crippen LogP contribution >= 0.6 is 23.2 Å². The highest BCUT2D eigenvalue weighted by atomic mass is 35.5. The Labute approximate surface area is 136 Å². The van der Waals surface area contributed by atoms with Crippen molar-refractivity contribution in [2.45, 2.75) is 39.2 Å². The van der Waals surface area contributed by atoms with Gasteiger partial charge in [-0.25, -0.2) is 0 Å². The van der Waals surface area contributed by atoms with Gasteiger partial charge >= 0.3 is 0 Å². The lowest BCUT2D eigenvalue weighted by Gasteiger charge is -2.34. The molecule has 0 bridgehead atoms. The van der Waals surface area contributed by atoms with Gasteiger partial charge in [0.25, 0.3) is 5.91 Å². The van der Waals surface area contributed by atoms with Crippen molar-refractivity contribution in [2.24, 2.45) is 11.8 Å². The molecule has 3 atom stereocenters. The summed E-state index contributed by atoms with van der Waals surface area (Å²) >= 11 is 11.8. The summed E-state index contributed by atoms with van der Waals surface area (Å²) in [5, 5.41) is 4.02. The van der Waals surface area contributed by atoms with Gasteiger partial charge in [-0.1, -0.05) is 49.9 Å². The van der Waals surface area contributed by atoms with Gasteiger partial charge in [-0.2, -0.15) is 0 Å². The summed E-state index contributed by atoms with van der Waals surface area (Å²) in [6, 6.07) is 5.20. The molecule has 1 aliphatic carbocycles. The van der Waals surface area contributed by atoms with Gasteiger partial charge in [0.2, 0.25) is 0 Å². The molecule has 1 aromatic rings. The van der Waals surface area contributed by atoms with Crippen LogP contribution < -0.4 is 10.1 Å². The minimum Gasteiger partial charge on any atom is -0.482 e. The van der Waals surface area contributed by atoms with Crippen molar-refractivity contribution in [3.8, 4) is 5.75 Å². The number of amides is 1. The molecule has 0 spiro atoms. The number of benzene rings is 1. The van der Waals surface area contributed by atoms with Crippen LogP contribution in [0.25, 0.3) is 0 Å². The molecule has 1 aliphatic rings. The minimum atomic E-state index is -0.105. The van der Waals surface area contributed by atoms with Gasteiger partial charge in [0.05, 0.1) is 5.02 Å². The van der Waals surface area contributed by atoms with Crippen LogP contribution in [0.2, 0.25) is 10.0 Å². The molecule has 1 N–H and O–H groups in total. The number of hydrogen-bond acceptors (Lipinski definition) is 2. The molecule has 0 unspecified atom stereocenters. The first-order valence-electron chi connectivity index (χ1n) is 7.34. The van der Waals surface area contributed by atoms with E-state index in [1.807, 2.05) is 0 Å². The molecule has 5 heteroatoms. The number of rotatable bonds is 4. The van der Waals surface area contributed by atoms with Crippen molar-refractivity contribution in [1.82, 2.24) is 5.32 Å². The van der Waals surface area contributed by atoms with Crippen LogP contribution in [0.4, 0.5) is 0 Å². The van der Waals surface area contributed by atoms with Crippen LogP contribution in [0, 0.1) is 11.8 Å². The fraction of sp³-hybridized carbons (Fsp3) is 0.562. The van der Waals surface area contributed by atoms with Crippen LogP contribution in [-0.2, 0) is 4.79 Å². The molecule has 0 heterocycles. The van der Waals surface area contributed by atoms with E-state index in [1.54, 1.807) is 18.2 Å². The van der Waals surface area contributed by atoms with Gasteiger partial charge in [0.15, 0.2) is 6.61 Å². The Morgan fingerprint density at radius 3 is 2.81 bits per heavy atom. The second-order valence-corrected chi connectivity index (χ2v) is 6.65. The summed E-state index contributed by atoms with van der Waals surface area (Å²) in [4.78, 5) is 12.0. The summed E-state index contributed by atoms with van der Waals surface area (Å²) in [6.45, 7) is 4.41. The molecule has 0 aliphatic heterocycles. The van der Waals surface area contributed by atoms with Gasteiger partial charge in [0, 0.05) is 11.1 Å². The molecule has 1 amide bonds. The minimum absolute atomic E-state index is 0.0288. The molecular formula is C16H21Cl2NO2. The lowest BCUT2D eigenvalue weighted by atomic mass is 9.78. The van der Waals surface area contributed by atoms with E-state index in [0.29, 0.717) is 27.6 Å². The fourth-order valence-electron chi connectivity index (χ4n) is 2.77. The summed E-state index contributed by atoms with van der Waals surface area (Å²) in [5.41, 5.74) is 0. The standard InChI is InChI=1S/C16H21Cl2NO2/c1-10-4-3-5-14(11(10)2)19-16(20)9-21-15-7-6-12(17)8-13(15)18/h6-8,10-11,14H,3-5,9H2,1-2H3,(H,19,20)/t10-,11+,14-/m0/s1. The normalized spacial score (nSPS) is 25.4. The quantitative estimate of drug-likeness (QED) is 0.893. The van der Waals surface area contributed by atoms with E-state index in [9.17, 15) is 4.79 Å². The van der Waals surface area contributed by atoms with Crippen LogP contribution in [0.15, 0.2) is 18.2 Å². The highest BCUT2D eigenvalue weighted by Gasteiger charge is 2.28. The monoisotopic (exact) mass is 329 g/mol. The zero-order chi connectivity index (χ0) is 15.4. The topological polar surface area (TPSA) is 38.3 Å². The van der Waals surface area contributed by atoms with E-state index in [-0.39, 0.29) is 18.6 Å². The smallest absolute Gasteiger partial charge is 0.258 e. The van der Waals surface area contributed by atoms with Gasteiger partial charge < -0.3 is 10.1 Å². The summed E-state index contributed by atoms with van der Waals surface area (Å²) < 4.78 is 5.45. The Kier molecular flexibility index (Phi) is 5.77. The fourth-order valence-corrected chi connectivity index (χ4v) is 3.23. The molecule has 1 aromatic carbocycles.